The van der Waals surface area contributed by atoms with E-state index in [0.717, 1.165) is 0 Å². The van der Waals surface area contributed by atoms with Crippen molar-refractivity contribution < 1.29 is 9.18 Å². The molecule has 1 aromatic carbocycles. The van der Waals surface area contributed by atoms with E-state index in [1.807, 2.05) is 13.0 Å². The van der Waals surface area contributed by atoms with E-state index in [9.17, 15) is 9.18 Å². The number of nitrogens with one attached hydrogen (secondary N) is 1. The molecule has 0 aliphatic heterocycles. The summed E-state index contributed by atoms with van der Waals surface area (Å²) in [4.78, 5) is 11.2. The van der Waals surface area contributed by atoms with Crippen molar-refractivity contribution in [1.29, 1.82) is 0 Å². The molecule has 0 spiro atoms. The first-order valence-corrected chi connectivity index (χ1v) is 4.39. The molecule has 0 saturated heterocycles. The van der Waals surface area contributed by atoms with Crippen molar-refractivity contribution in [3.8, 4) is 0 Å². The second-order valence-electron chi connectivity index (χ2n) is 2.83. The number of benzene rings is 1. The number of carbonyl (C=O) groups is 1. The van der Waals surface area contributed by atoms with Crippen molar-refractivity contribution >= 4 is 11.6 Å². The topological polar surface area (TPSA) is 29.1 Å². The fourth-order valence-corrected chi connectivity index (χ4v) is 0.970. The van der Waals surface area contributed by atoms with Gasteiger partial charge in [-0.05, 0) is 31.2 Å². The number of amides is 1. The van der Waals surface area contributed by atoms with Crippen LogP contribution in [0.15, 0.2) is 36.4 Å². The van der Waals surface area contributed by atoms with E-state index >= 15 is 0 Å². The van der Waals surface area contributed by atoms with Gasteiger partial charge in [-0.25, -0.2) is 4.39 Å². The van der Waals surface area contributed by atoms with E-state index < -0.39 is 0 Å². The van der Waals surface area contributed by atoms with Crippen LogP contribution in [-0.4, -0.2) is 5.91 Å². The smallest absolute Gasteiger partial charge is 0.228 e. The highest BCUT2D eigenvalue weighted by Crippen LogP contribution is 2.08. The van der Waals surface area contributed by atoms with Gasteiger partial charge in [-0.2, -0.15) is 0 Å². The summed E-state index contributed by atoms with van der Waals surface area (Å²) in [6, 6.07) is 5.68. The molecular weight excluding hydrogens is 181 g/mol. The van der Waals surface area contributed by atoms with Crippen LogP contribution in [0.5, 0.6) is 0 Å². The Morgan fingerprint density at radius 2 is 2.07 bits per heavy atom. The third-order valence-electron chi connectivity index (χ3n) is 1.67. The molecule has 1 N–H and O–H groups in total. The van der Waals surface area contributed by atoms with Crippen LogP contribution < -0.4 is 5.32 Å². The zero-order valence-corrected chi connectivity index (χ0v) is 7.96. The predicted molar refractivity (Wildman–Crippen MR) is 54.5 cm³/mol. The van der Waals surface area contributed by atoms with Crippen molar-refractivity contribution in [3.63, 3.8) is 0 Å². The first-order chi connectivity index (χ1) is 6.72. The maximum Gasteiger partial charge on any atom is 0.228 e. The summed E-state index contributed by atoms with van der Waals surface area (Å²) in [6.07, 6.45) is 3.91. The van der Waals surface area contributed by atoms with E-state index in [-0.39, 0.29) is 11.7 Å². The molecule has 0 aliphatic carbocycles. The Labute approximate surface area is 82.4 Å². The zero-order valence-electron chi connectivity index (χ0n) is 7.96. The average Bonchev–Trinajstić information content (AvgIpc) is 2.18. The molecule has 0 saturated carbocycles. The highest BCUT2D eigenvalue weighted by atomic mass is 19.1. The molecule has 0 heterocycles. The minimum atomic E-state index is -0.309. The summed E-state index contributed by atoms with van der Waals surface area (Å²) in [5, 5.41) is 2.65. The van der Waals surface area contributed by atoms with Gasteiger partial charge >= 0.3 is 0 Å². The van der Waals surface area contributed by atoms with E-state index in [4.69, 9.17) is 0 Å². The lowest BCUT2D eigenvalue weighted by molar-refractivity contribution is -0.115. The van der Waals surface area contributed by atoms with Gasteiger partial charge in [-0.15, -0.1) is 0 Å². The van der Waals surface area contributed by atoms with E-state index in [0.29, 0.717) is 12.1 Å². The fourth-order valence-electron chi connectivity index (χ4n) is 0.970. The average molecular weight is 193 g/mol. The summed E-state index contributed by atoms with van der Waals surface area (Å²) in [5.74, 6) is -0.411. The lowest BCUT2D eigenvalue weighted by Gasteiger charge is -2.02. The van der Waals surface area contributed by atoms with E-state index in [1.54, 1.807) is 6.08 Å². The molecule has 3 heteroatoms. The Morgan fingerprint density at radius 1 is 1.43 bits per heavy atom. The standard InChI is InChI=1S/C11H12FNO/c1-2-3-4-11(14)13-10-7-5-9(12)6-8-10/h2-3,5-8H,4H2,1H3,(H,13,14)/b3-2+. The second kappa shape index (κ2) is 5.17. The molecule has 0 unspecified atom stereocenters. The summed E-state index contributed by atoms with van der Waals surface area (Å²) >= 11 is 0. The van der Waals surface area contributed by atoms with Crippen LogP contribution in [0, 0.1) is 5.82 Å². The maximum absolute atomic E-state index is 12.5. The maximum atomic E-state index is 12.5. The summed E-state index contributed by atoms with van der Waals surface area (Å²) in [5.41, 5.74) is 0.612. The summed E-state index contributed by atoms with van der Waals surface area (Å²) in [6.45, 7) is 1.85. The fraction of sp³-hybridized carbons (Fsp3) is 0.182. The van der Waals surface area contributed by atoms with Crippen LogP contribution >= 0.6 is 0 Å². The van der Waals surface area contributed by atoms with Crippen LogP contribution in [0.25, 0.3) is 0 Å². The van der Waals surface area contributed by atoms with Crippen molar-refractivity contribution in [2.75, 3.05) is 5.32 Å². The second-order valence-corrected chi connectivity index (χ2v) is 2.83. The lowest BCUT2D eigenvalue weighted by atomic mass is 10.3. The number of halogens is 1. The molecule has 1 aromatic rings. The first-order valence-electron chi connectivity index (χ1n) is 4.39. The number of hydrogen-bond donors (Lipinski definition) is 1. The van der Waals surface area contributed by atoms with E-state index in [1.165, 1.54) is 24.3 Å². The zero-order chi connectivity index (χ0) is 10.4. The summed E-state index contributed by atoms with van der Waals surface area (Å²) < 4.78 is 12.5. The first kappa shape index (κ1) is 10.4. The van der Waals surface area contributed by atoms with Gasteiger partial charge in [0.2, 0.25) is 5.91 Å². The Hall–Kier alpha value is -1.64. The van der Waals surface area contributed by atoms with Gasteiger partial charge in [0, 0.05) is 12.1 Å². The Morgan fingerprint density at radius 3 is 2.64 bits per heavy atom. The molecule has 74 valence electrons. The molecule has 0 fully saturated rings. The van der Waals surface area contributed by atoms with Crippen LogP contribution in [0.1, 0.15) is 13.3 Å². The highest BCUT2D eigenvalue weighted by Gasteiger charge is 1.98. The molecule has 1 amide bonds. The Balaban J connectivity index is 2.52. The molecule has 14 heavy (non-hydrogen) atoms. The number of carbonyl (C=O) groups excluding carboxylic acids is 1. The van der Waals surface area contributed by atoms with Crippen LogP contribution in [-0.2, 0) is 4.79 Å². The third-order valence-corrected chi connectivity index (χ3v) is 1.67. The molecule has 1 rings (SSSR count). The van der Waals surface area contributed by atoms with Crippen molar-refractivity contribution in [2.45, 2.75) is 13.3 Å². The minimum absolute atomic E-state index is 0.102. The number of rotatable bonds is 3. The van der Waals surface area contributed by atoms with Gasteiger partial charge < -0.3 is 5.32 Å². The Bertz CT molecular complexity index is 330. The van der Waals surface area contributed by atoms with Gasteiger partial charge in [0.25, 0.3) is 0 Å². The van der Waals surface area contributed by atoms with Gasteiger partial charge in [-0.1, -0.05) is 12.2 Å². The van der Waals surface area contributed by atoms with Gasteiger partial charge in [0.05, 0.1) is 0 Å². The molecule has 0 radical (unpaired) electrons. The van der Waals surface area contributed by atoms with Gasteiger partial charge in [0.15, 0.2) is 0 Å². The number of allylic oxidation sites excluding steroid dienone is 1. The summed E-state index contributed by atoms with van der Waals surface area (Å²) in [7, 11) is 0. The molecule has 0 bridgehead atoms. The minimum Gasteiger partial charge on any atom is -0.326 e. The quantitative estimate of drug-likeness (QED) is 0.735. The molecule has 0 aromatic heterocycles. The SMILES string of the molecule is C/C=C/CC(=O)Nc1ccc(F)cc1. The van der Waals surface area contributed by atoms with Crippen molar-refractivity contribution in [2.24, 2.45) is 0 Å². The third kappa shape index (κ3) is 3.39. The number of hydrogen-bond acceptors (Lipinski definition) is 1. The monoisotopic (exact) mass is 193 g/mol. The lowest BCUT2D eigenvalue weighted by Crippen LogP contribution is -2.09. The molecular formula is C11H12FNO. The van der Waals surface area contributed by atoms with Crippen LogP contribution in [0.4, 0.5) is 10.1 Å². The molecule has 0 aliphatic rings. The highest BCUT2D eigenvalue weighted by molar-refractivity contribution is 5.91. The van der Waals surface area contributed by atoms with Crippen molar-refractivity contribution in [3.05, 3.63) is 42.2 Å². The van der Waals surface area contributed by atoms with Gasteiger partial charge in [-0.3, -0.25) is 4.79 Å². The largest absolute Gasteiger partial charge is 0.326 e. The molecule has 0 atom stereocenters. The van der Waals surface area contributed by atoms with Crippen LogP contribution in [0.3, 0.4) is 0 Å². The normalized spacial score (nSPS) is 10.4. The predicted octanol–water partition coefficient (Wildman–Crippen LogP) is 2.73. The Kier molecular flexibility index (Phi) is 3.85. The van der Waals surface area contributed by atoms with Crippen molar-refractivity contribution in [1.82, 2.24) is 0 Å². The van der Waals surface area contributed by atoms with Crippen LogP contribution in [0.2, 0.25) is 0 Å². The number of anilines is 1. The van der Waals surface area contributed by atoms with E-state index in [2.05, 4.69) is 5.32 Å². The van der Waals surface area contributed by atoms with Gasteiger partial charge in [0.1, 0.15) is 5.82 Å². The molecule has 2 nitrogen and oxygen atoms in total.